The maximum absolute atomic E-state index is 11.1. The van der Waals surface area contributed by atoms with E-state index in [9.17, 15) is 9.90 Å². The molecule has 0 amide bonds. The zero-order valence-electron chi connectivity index (χ0n) is 12.5. The van der Waals surface area contributed by atoms with E-state index in [0.717, 1.165) is 19.8 Å². The number of carbonyl (C=O) groups is 2. The van der Waals surface area contributed by atoms with Gasteiger partial charge in [-0.3, -0.25) is 9.59 Å². The van der Waals surface area contributed by atoms with Gasteiger partial charge in [0.2, 0.25) is 5.79 Å². The van der Waals surface area contributed by atoms with Crippen molar-refractivity contribution in [1.29, 1.82) is 0 Å². The van der Waals surface area contributed by atoms with E-state index in [1.807, 2.05) is 0 Å². The number of hydrogen-bond acceptors (Lipinski definition) is 6. The van der Waals surface area contributed by atoms with Crippen LogP contribution in [0.1, 0.15) is 46.5 Å². The number of carbonyl (C=O) groups excluding carboxylic acids is 1. The molecule has 0 saturated heterocycles. The summed E-state index contributed by atoms with van der Waals surface area (Å²) < 4.78 is 15.7. The van der Waals surface area contributed by atoms with Crippen LogP contribution < -0.4 is 0 Å². The van der Waals surface area contributed by atoms with Crippen molar-refractivity contribution in [1.82, 2.24) is 0 Å². The number of aliphatic hydroxyl groups is 1. The van der Waals surface area contributed by atoms with Crippen LogP contribution in [0.25, 0.3) is 0 Å². The second kappa shape index (κ2) is 8.18. The first-order valence-electron chi connectivity index (χ1n) is 6.53. The Labute approximate surface area is 118 Å². The Kier molecular flexibility index (Phi) is 7.70. The maximum atomic E-state index is 11.1. The highest BCUT2D eigenvalue weighted by Crippen LogP contribution is 2.41. The minimum Gasteiger partial charge on any atom is -0.481 e. The first-order chi connectivity index (χ1) is 9.23. The van der Waals surface area contributed by atoms with Crippen LogP contribution in [0.3, 0.4) is 0 Å². The highest BCUT2D eigenvalue weighted by molar-refractivity contribution is 5.66. The number of carboxylic acids is 1. The molecular formula is C13H24O7. The Morgan fingerprint density at radius 2 is 1.70 bits per heavy atom. The van der Waals surface area contributed by atoms with Gasteiger partial charge >= 0.3 is 5.97 Å². The number of esters is 1. The minimum atomic E-state index is -1.54. The second-order valence-electron chi connectivity index (χ2n) is 4.49. The third-order valence-electron chi connectivity index (χ3n) is 2.89. The monoisotopic (exact) mass is 292 g/mol. The Morgan fingerprint density at radius 1 is 1.20 bits per heavy atom. The van der Waals surface area contributed by atoms with Gasteiger partial charge in [-0.05, 0) is 19.8 Å². The Hall–Kier alpha value is -1.18. The van der Waals surface area contributed by atoms with Crippen LogP contribution in [0.15, 0.2) is 0 Å². The maximum Gasteiger partial charge on any atom is 0.305 e. The fourth-order valence-corrected chi connectivity index (χ4v) is 2.20. The van der Waals surface area contributed by atoms with Crippen LogP contribution >= 0.6 is 0 Å². The summed E-state index contributed by atoms with van der Waals surface area (Å²) in [5.41, 5.74) is 0. The largest absolute Gasteiger partial charge is 0.481 e. The van der Waals surface area contributed by atoms with Crippen LogP contribution in [0.5, 0.6) is 0 Å². The summed E-state index contributed by atoms with van der Waals surface area (Å²) in [5.74, 6) is -4.23. The van der Waals surface area contributed by atoms with E-state index in [1.165, 1.54) is 14.0 Å². The first kappa shape index (κ1) is 18.8. The van der Waals surface area contributed by atoms with E-state index < -0.39 is 23.5 Å². The number of ether oxygens (including phenoxy) is 3. The van der Waals surface area contributed by atoms with Gasteiger partial charge in [0.15, 0.2) is 0 Å². The van der Waals surface area contributed by atoms with Gasteiger partial charge in [-0.2, -0.15) is 0 Å². The predicted octanol–water partition coefficient (Wildman–Crippen LogP) is 1.28. The van der Waals surface area contributed by atoms with Crippen LogP contribution in [0.4, 0.5) is 0 Å². The van der Waals surface area contributed by atoms with E-state index in [0.29, 0.717) is 19.4 Å². The van der Waals surface area contributed by atoms with Crippen LogP contribution in [0.2, 0.25) is 0 Å². The van der Waals surface area contributed by atoms with Crippen molar-refractivity contribution in [2.75, 3.05) is 13.7 Å². The van der Waals surface area contributed by atoms with Crippen molar-refractivity contribution in [2.45, 2.75) is 58.0 Å². The number of rotatable bonds is 4. The lowest BCUT2D eigenvalue weighted by atomic mass is 9.87. The highest BCUT2D eigenvalue weighted by Gasteiger charge is 2.57. The van der Waals surface area contributed by atoms with Gasteiger partial charge in [0, 0.05) is 40.4 Å². The van der Waals surface area contributed by atoms with Crippen LogP contribution in [-0.2, 0) is 23.8 Å². The van der Waals surface area contributed by atoms with Crippen molar-refractivity contribution >= 4 is 11.9 Å². The van der Waals surface area contributed by atoms with E-state index in [2.05, 4.69) is 0 Å². The average molecular weight is 292 g/mol. The molecule has 0 aliphatic heterocycles. The van der Waals surface area contributed by atoms with E-state index in [-0.39, 0.29) is 0 Å². The molecule has 0 bridgehead atoms. The normalized spacial score (nSPS) is 29.1. The van der Waals surface area contributed by atoms with Gasteiger partial charge in [0.1, 0.15) is 0 Å². The molecule has 2 N–H and O–H groups in total. The topological polar surface area (TPSA) is 102 Å². The molecule has 2 unspecified atom stereocenters. The lowest BCUT2D eigenvalue weighted by Gasteiger charge is -2.46. The van der Waals surface area contributed by atoms with Crippen molar-refractivity contribution in [3.05, 3.63) is 0 Å². The smallest absolute Gasteiger partial charge is 0.305 e. The van der Waals surface area contributed by atoms with E-state index in [1.54, 1.807) is 6.92 Å². The molecule has 0 radical (unpaired) electrons. The van der Waals surface area contributed by atoms with Gasteiger partial charge in [0.25, 0.3) is 11.8 Å². The van der Waals surface area contributed by atoms with Gasteiger partial charge < -0.3 is 24.4 Å². The Bertz CT molecular complexity index is 323. The summed E-state index contributed by atoms with van der Waals surface area (Å²) >= 11 is 0. The number of hydrogen-bond donors (Lipinski definition) is 2. The molecular weight excluding hydrogens is 268 g/mol. The van der Waals surface area contributed by atoms with Gasteiger partial charge in [0.05, 0.1) is 0 Å². The summed E-state index contributed by atoms with van der Waals surface area (Å²) in [6, 6.07) is 0. The van der Waals surface area contributed by atoms with Crippen LogP contribution in [0, 0.1) is 0 Å². The van der Waals surface area contributed by atoms with Crippen molar-refractivity contribution in [3.63, 3.8) is 0 Å². The first-order valence-corrected chi connectivity index (χ1v) is 6.53. The second-order valence-corrected chi connectivity index (χ2v) is 4.49. The molecule has 1 aliphatic carbocycles. The fraction of sp³-hybridized carbons (Fsp3) is 0.846. The summed E-state index contributed by atoms with van der Waals surface area (Å²) in [6.45, 7) is 4.49. The van der Waals surface area contributed by atoms with E-state index in [4.69, 9.17) is 24.1 Å². The predicted molar refractivity (Wildman–Crippen MR) is 69.9 cm³/mol. The van der Waals surface area contributed by atoms with Gasteiger partial charge in [-0.1, -0.05) is 0 Å². The molecule has 1 aliphatic rings. The number of methoxy groups -OCH3 is 1. The van der Waals surface area contributed by atoms with Crippen molar-refractivity contribution < 1.29 is 34.0 Å². The molecule has 118 valence electrons. The summed E-state index contributed by atoms with van der Waals surface area (Å²) in [4.78, 5) is 20.1. The molecule has 0 aromatic rings. The molecule has 7 nitrogen and oxygen atoms in total. The summed E-state index contributed by atoms with van der Waals surface area (Å²) in [5, 5.41) is 17.8. The molecule has 0 aromatic heterocycles. The zero-order valence-corrected chi connectivity index (χ0v) is 12.5. The average Bonchev–Trinajstić information content (AvgIpc) is 2.31. The quantitative estimate of drug-likeness (QED) is 0.594. The van der Waals surface area contributed by atoms with Crippen molar-refractivity contribution in [3.8, 4) is 0 Å². The highest BCUT2D eigenvalue weighted by atomic mass is 16.8. The molecule has 20 heavy (non-hydrogen) atoms. The Morgan fingerprint density at radius 3 is 2.10 bits per heavy atom. The third-order valence-corrected chi connectivity index (χ3v) is 2.89. The third kappa shape index (κ3) is 5.07. The van der Waals surface area contributed by atoms with Gasteiger partial charge in [-0.25, -0.2) is 0 Å². The molecule has 0 heterocycles. The molecule has 1 saturated carbocycles. The Balaban J connectivity index is 0.000000796. The number of carboxylic acid groups (broad SMARTS) is 1. The summed E-state index contributed by atoms with van der Waals surface area (Å²) in [7, 11) is 1.41. The molecule has 2 atom stereocenters. The van der Waals surface area contributed by atoms with Crippen molar-refractivity contribution in [2.24, 2.45) is 0 Å². The lowest BCUT2D eigenvalue weighted by molar-refractivity contribution is -0.391. The van der Waals surface area contributed by atoms with Crippen LogP contribution in [-0.4, -0.2) is 47.4 Å². The fourth-order valence-electron chi connectivity index (χ4n) is 2.20. The number of aliphatic carboxylic acids is 1. The zero-order chi connectivity index (χ0) is 15.8. The molecule has 1 fully saturated rings. The molecule has 0 spiro atoms. The minimum absolute atomic E-state index is 0.336. The summed E-state index contributed by atoms with van der Waals surface area (Å²) in [6.07, 6.45) is 2.50. The van der Waals surface area contributed by atoms with E-state index >= 15 is 0 Å². The SMILES string of the molecule is CC(=O)O.CCOC1(O)CCCCC1(OC)OC(C)=O. The molecule has 7 heteroatoms. The molecule has 1 rings (SSSR count). The standard InChI is InChI=1S/C11H20O5.C2H4O2/c1-4-15-10(13)7-5-6-8-11(10,14-3)16-9(2)12;1-2(3)4/h13H,4-8H2,1-3H3;1H3,(H,3,4). The lowest BCUT2D eigenvalue weighted by Crippen LogP contribution is -2.61. The van der Waals surface area contributed by atoms with Gasteiger partial charge in [-0.15, -0.1) is 0 Å². The molecule has 0 aromatic carbocycles.